The van der Waals surface area contributed by atoms with E-state index in [2.05, 4.69) is 15.2 Å². The van der Waals surface area contributed by atoms with Gasteiger partial charge in [-0.3, -0.25) is 9.69 Å². The Morgan fingerprint density at radius 3 is 2.41 bits per heavy atom. The summed E-state index contributed by atoms with van der Waals surface area (Å²) < 4.78 is 15.8. The van der Waals surface area contributed by atoms with Gasteiger partial charge in [-0.2, -0.15) is 0 Å². The van der Waals surface area contributed by atoms with Crippen molar-refractivity contribution in [1.29, 1.82) is 0 Å². The molecule has 1 saturated heterocycles. The topological polar surface area (TPSA) is 110 Å². The van der Waals surface area contributed by atoms with Crippen molar-refractivity contribution in [2.45, 2.75) is 58.4 Å². The number of rotatable bonds is 8. The maximum Gasteiger partial charge on any atom is 0.355 e. The Hall–Kier alpha value is -2.39. The summed E-state index contributed by atoms with van der Waals surface area (Å²) in [5.74, 6) is -1.49. The first-order valence-electron chi connectivity index (χ1n) is 11.5. The van der Waals surface area contributed by atoms with E-state index < -0.39 is 11.9 Å². The smallest absolute Gasteiger partial charge is 0.355 e. The number of morpholine rings is 1. The molecule has 3 rings (SSSR count). The molecule has 2 aliphatic rings. The maximum absolute atomic E-state index is 12.5. The Morgan fingerprint density at radius 1 is 1.06 bits per heavy atom. The van der Waals surface area contributed by atoms with Crippen LogP contribution in [0.2, 0.25) is 0 Å². The van der Waals surface area contributed by atoms with Crippen molar-refractivity contribution < 1.29 is 28.6 Å². The van der Waals surface area contributed by atoms with Gasteiger partial charge in [0, 0.05) is 30.9 Å². The summed E-state index contributed by atoms with van der Waals surface area (Å²) in [6, 6.07) is 0. The number of ether oxygens (including phenoxy) is 3. The van der Waals surface area contributed by atoms with Gasteiger partial charge in [-0.05, 0) is 39.2 Å². The Kier molecular flexibility index (Phi) is 8.31. The molecule has 32 heavy (non-hydrogen) atoms. The molecule has 1 aromatic heterocycles. The summed E-state index contributed by atoms with van der Waals surface area (Å²) in [7, 11) is 0. The zero-order valence-corrected chi connectivity index (χ0v) is 19.4. The molecule has 0 unspecified atom stereocenters. The molecule has 1 aliphatic heterocycles. The Bertz CT molecular complexity index is 822. The minimum absolute atomic E-state index is 0.0522. The second-order valence-electron chi connectivity index (χ2n) is 8.58. The van der Waals surface area contributed by atoms with Gasteiger partial charge in [0.1, 0.15) is 5.69 Å². The van der Waals surface area contributed by atoms with E-state index in [1.807, 2.05) is 0 Å². The van der Waals surface area contributed by atoms with E-state index in [9.17, 15) is 14.4 Å². The number of carbonyl (C=O) groups is 3. The molecular weight excluding hydrogens is 414 g/mol. The fourth-order valence-electron chi connectivity index (χ4n) is 4.83. The van der Waals surface area contributed by atoms with E-state index >= 15 is 0 Å². The molecule has 9 nitrogen and oxygen atoms in total. The summed E-state index contributed by atoms with van der Waals surface area (Å²) in [5.41, 5.74) is 1.42. The van der Waals surface area contributed by atoms with Crippen LogP contribution in [-0.4, -0.2) is 79.3 Å². The molecule has 0 bridgehead atoms. The fourth-order valence-corrected chi connectivity index (χ4v) is 4.83. The third-order valence-electron chi connectivity index (χ3n) is 6.54. The number of esters is 2. The van der Waals surface area contributed by atoms with Crippen molar-refractivity contribution in [2.75, 3.05) is 46.1 Å². The van der Waals surface area contributed by atoms with E-state index in [-0.39, 0.29) is 30.4 Å². The monoisotopic (exact) mass is 449 g/mol. The number of carbonyl (C=O) groups excluding carboxylic acids is 3. The minimum Gasteiger partial charge on any atom is -0.462 e. The van der Waals surface area contributed by atoms with Gasteiger partial charge in [-0.15, -0.1) is 0 Å². The van der Waals surface area contributed by atoms with Crippen LogP contribution in [-0.2, 0) is 19.0 Å². The van der Waals surface area contributed by atoms with Crippen molar-refractivity contribution in [3.63, 3.8) is 0 Å². The highest BCUT2D eigenvalue weighted by Crippen LogP contribution is 2.33. The van der Waals surface area contributed by atoms with Gasteiger partial charge in [0.15, 0.2) is 6.61 Å². The molecule has 1 aromatic rings. The van der Waals surface area contributed by atoms with E-state index in [0.29, 0.717) is 23.4 Å². The first kappa shape index (κ1) is 24.3. The summed E-state index contributed by atoms with van der Waals surface area (Å²) in [6.45, 7) is 8.67. The molecule has 0 aromatic carbocycles. The van der Waals surface area contributed by atoms with Crippen LogP contribution in [0, 0.1) is 13.8 Å². The van der Waals surface area contributed by atoms with Gasteiger partial charge in [0.2, 0.25) is 0 Å². The molecular formula is C23H35N3O6. The van der Waals surface area contributed by atoms with Gasteiger partial charge in [-0.1, -0.05) is 19.3 Å². The van der Waals surface area contributed by atoms with Gasteiger partial charge < -0.3 is 24.5 Å². The lowest BCUT2D eigenvalue weighted by Gasteiger charge is -2.48. The number of hydrogen-bond acceptors (Lipinski definition) is 7. The maximum atomic E-state index is 12.5. The minimum atomic E-state index is -0.670. The summed E-state index contributed by atoms with van der Waals surface area (Å²) in [4.78, 5) is 42.5. The average molecular weight is 450 g/mol. The van der Waals surface area contributed by atoms with E-state index in [1.165, 1.54) is 6.42 Å². The largest absolute Gasteiger partial charge is 0.462 e. The zero-order valence-electron chi connectivity index (χ0n) is 19.4. The van der Waals surface area contributed by atoms with Crippen molar-refractivity contribution in [3.8, 4) is 0 Å². The molecule has 2 fully saturated rings. The van der Waals surface area contributed by atoms with Gasteiger partial charge in [0.05, 0.1) is 25.4 Å². The number of amides is 1. The van der Waals surface area contributed by atoms with Gasteiger partial charge >= 0.3 is 11.9 Å². The Morgan fingerprint density at radius 2 is 1.75 bits per heavy atom. The van der Waals surface area contributed by atoms with E-state index in [4.69, 9.17) is 14.2 Å². The van der Waals surface area contributed by atoms with E-state index in [0.717, 1.165) is 52.0 Å². The summed E-state index contributed by atoms with van der Waals surface area (Å²) in [6.07, 6.45) is 5.61. The first-order valence-corrected chi connectivity index (χ1v) is 11.5. The number of hydrogen-bond donors (Lipinski definition) is 2. The molecule has 0 atom stereocenters. The van der Waals surface area contributed by atoms with Crippen LogP contribution in [0.15, 0.2) is 0 Å². The van der Waals surface area contributed by atoms with E-state index in [1.54, 1.807) is 20.8 Å². The number of aryl methyl sites for hydroxylation is 1. The summed E-state index contributed by atoms with van der Waals surface area (Å²) in [5, 5.41) is 2.98. The van der Waals surface area contributed by atoms with Crippen LogP contribution in [0.1, 0.15) is 71.1 Å². The lowest BCUT2D eigenvalue weighted by Crippen LogP contribution is -2.59. The summed E-state index contributed by atoms with van der Waals surface area (Å²) >= 11 is 0. The highest BCUT2D eigenvalue weighted by Gasteiger charge is 2.38. The second-order valence-corrected chi connectivity index (χ2v) is 8.58. The molecule has 0 spiro atoms. The SMILES string of the molecule is CCOC(=O)c1c(C)[nH]c(C(=O)OCC(=O)NCC2(N3CCOCC3)CCCCC2)c1C. The molecule has 2 heterocycles. The highest BCUT2D eigenvalue weighted by atomic mass is 16.5. The highest BCUT2D eigenvalue weighted by molar-refractivity contribution is 5.99. The number of H-pyrrole nitrogens is 1. The van der Waals surface area contributed by atoms with Crippen LogP contribution in [0.3, 0.4) is 0 Å². The van der Waals surface area contributed by atoms with Crippen molar-refractivity contribution in [1.82, 2.24) is 15.2 Å². The molecule has 1 saturated carbocycles. The molecule has 1 aliphatic carbocycles. The van der Waals surface area contributed by atoms with Crippen molar-refractivity contribution in [3.05, 3.63) is 22.5 Å². The third kappa shape index (κ3) is 5.50. The number of aromatic amines is 1. The lowest BCUT2D eigenvalue weighted by molar-refractivity contribution is -0.125. The zero-order chi connectivity index (χ0) is 23.1. The second kappa shape index (κ2) is 11.0. The predicted octanol–water partition coefficient (Wildman–Crippen LogP) is 2.12. The van der Waals surface area contributed by atoms with Crippen LogP contribution in [0.25, 0.3) is 0 Å². The van der Waals surface area contributed by atoms with Gasteiger partial charge in [-0.25, -0.2) is 9.59 Å². The Balaban J connectivity index is 1.55. The molecule has 9 heteroatoms. The quantitative estimate of drug-likeness (QED) is 0.585. The molecule has 0 radical (unpaired) electrons. The number of nitrogens with one attached hydrogen (secondary N) is 2. The third-order valence-corrected chi connectivity index (χ3v) is 6.54. The van der Waals surface area contributed by atoms with Crippen LogP contribution in [0.4, 0.5) is 0 Å². The fraction of sp³-hybridized carbons (Fsp3) is 0.696. The lowest BCUT2D eigenvalue weighted by atomic mass is 9.79. The Labute approximate surface area is 189 Å². The normalized spacial score (nSPS) is 18.7. The van der Waals surface area contributed by atoms with Crippen molar-refractivity contribution in [2.24, 2.45) is 0 Å². The van der Waals surface area contributed by atoms with Crippen molar-refractivity contribution >= 4 is 17.8 Å². The van der Waals surface area contributed by atoms with Crippen LogP contribution in [0.5, 0.6) is 0 Å². The first-order chi connectivity index (χ1) is 15.4. The average Bonchev–Trinajstić information content (AvgIpc) is 3.11. The molecule has 1 amide bonds. The number of nitrogens with zero attached hydrogens (tertiary/aromatic N) is 1. The van der Waals surface area contributed by atoms with Crippen LogP contribution >= 0.6 is 0 Å². The number of aromatic nitrogens is 1. The molecule has 178 valence electrons. The predicted molar refractivity (Wildman–Crippen MR) is 118 cm³/mol. The van der Waals surface area contributed by atoms with Crippen LogP contribution < -0.4 is 5.32 Å². The molecule has 2 N–H and O–H groups in total. The van der Waals surface area contributed by atoms with Gasteiger partial charge in [0.25, 0.3) is 5.91 Å². The standard InChI is InChI=1S/C23H35N3O6/c1-4-31-21(28)19-16(2)20(25-17(19)3)22(29)32-14-18(27)24-15-23(8-6-5-7-9-23)26-10-12-30-13-11-26/h25H,4-15H2,1-3H3,(H,24,27).